The van der Waals surface area contributed by atoms with Crippen molar-refractivity contribution in [1.82, 2.24) is 5.32 Å². The fourth-order valence-corrected chi connectivity index (χ4v) is 2.97. The minimum absolute atomic E-state index is 0.0322. The van der Waals surface area contributed by atoms with E-state index in [0.717, 1.165) is 16.5 Å². The number of carboxylic acid groups (broad SMARTS) is 2. The number of fused-ring (bicyclic) bond motifs is 1. The Morgan fingerprint density at radius 3 is 2.16 bits per heavy atom. The summed E-state index contributed by atoms with van der Waals surface area (Å²) in [5, 5.41) is 20.0. The van der Waals surface area contributed by atoms with Crippen molar-refractivity contribution in [2.45, 2.75) is 13.5 Å². The minimum Gasteiger partial charge on any atom is -0.473 e. The third-order valence-electron chi connectivity index (χ3n) is 4.41. The van der Waals surface area contributed by atoms with Crippen LogP contribution in [0.4, 0.5) is 10.1 Å². The molecule has 0 aromatic heterocycles. The number of nitrogens with one attached hydrogen (secondary N) is 1. The zero-order valence-electron chi connectivity index (χ0n) is 16.9. The lowest BCUT2D eigenvalue weighted by Crippen LogP contribution is -2.38. The van der Waals surface area contributed by atoms with Gasteiger partial charge >= 0.3 is 11.9 Å². The van der Waals surface area contributed by atoms with Crippen molar-refractivity contribution in [2.75, 3.05) is 18.0 Å². The molecule has 31 heavy (non-hydrogen) atoms. The Kier molecular flexibility index (Phi) is 8.65. The standard InChI is InChI=1S/C21H21FN2O.C2H2O4/c1-2-24(20-13-7-10-16-8-3-5-11-18(16)20)21(25)15-23-14-17-9-4-6-12-19(17)22;3-1(4)2(5)6/h3-13,23H,2,14-15H2,1H3;(H,3,4)(H,5,6). The molecule has 0 fully saturated rings. The van der Waals surface area contributed by atoms with Crippen LogP contribution < -0.4 is 10.2 Å². The number of anilines is 1. The lowest BCUT2D eigenvalue weighted by molar-refractivity contribution is -0.159. The first-order chi connectivity index (χ1) is 14.8. The summed E-state index contributed by atoms with van der Waals surface area (Å²) in [5.41, 5.74) is 1.46. The van der Waals surface area contributed by atoms with Gasteiger partial charge in [-0.3, -0.25) is 4.79 Å². The molecule has 7 nitrogen and oxygen atoms in total. The topological polar surface area (TPSA) is 107 Å². The summed E-state index contributed by atoms with van der Waals surface area (Å²) in [4.78, 5) is 32.6. The molecule has 0 spiro atoms. The van der Waals surface area contributed by atoms with Gasteiger partial charge in [0.1, 0.15) is 5.82 Å². The number of nitrogens with zero attached hydrogens (tertiary/aromatic N) is 1. The molecule has 0 saturated heterocycles. The van der Waals surface area contributed by atoms with Gasteiger partial charge in [0.2, 0.25) is 5.91 Å². The zero-order chi connectivity index (χ0) is 22.8. The zero-order valence-corrected chi connectivity index (χ0v) is 16.9. The van der Waals surface area contributed by atoms with E-state index in [4.69, 9.17) is 19.8 Å². The number of carboxylic acids is 2. The summed E-state index contributed by atoms with van der Waals surface area (Å²) in [6, 6.07) is 20.6. The lowest BCUT2D eigenvalue weighted by Gasteiger charge is -2.23. The smallest absolute Gasteiger partial charge is 0.414 e. The molecule has 8 heteroatoms. The summed E-state index contributed by atoms with van der Waals surface area (Å²) in [5.74, 6) is -3.94. The van der Waals surface area contributed by atoms with E-state index in [1.54, 1.807) is 23.1 Å². The van der Waals surface area contributed by atoms with Gasteiger partial charge < -0.3 is 20.4 Å². The molecule has 0 saturated carbocycles. The van der Waals surface area contributed by atoms with E-state index < -0.39 is 11.9 Å². The lowest BCUT2D eigenvalue weighted by atomic mass is 10.1. The van der Waals surface area contributed by atoms with Crippen LogP contribution >= 0.6 is 0 Å². The monoisotopic (exact) mass is 426 g/mol. The Bertz CT molecular complexity index is 1050. The predicted octanol–water partition coefficient (Wildman–Crippen LogP) is 3.28. The number of benzene rings is 3. The van der Waals surface area contributed by atoms with Gasteiger partial charge in [0.25, 0.3) is 0 Å². The summed E-state index contributed by atoms with van der Waals surface area (Å²) >= 11 is 0. The highest BCUT2D eigenvalue weighted by molar-refractivity contribution is 6.27. The van der Waals surface area contributed by atoms with E-state index >= 15 is 0 Å². The number of aliphatic carboxylic acids is 2. The number of hydrogen-bond acceptors (Lipinski definition) is 4. The summed E-state index contributed by atoms with van der Waals surface area (Å²) in [6.45, 7) is 3.02. The summed E-state index contributed by atoms with van der Waals surface area (Å²) in [6.07, 6.45) is 0. The number of carbonyl (C=O) groups excluding carboxylic acids is 1. The first kappa shape index (κ1) is 23.5. The average Bonchev–Trinajstić information content (AvgIpc) is 2.76. The maximum absolute atomic E-state index is 13.6. The molecule has 0 bridgehead atoms. The van der Waals surface area contributed by atoms with Crippen LogP contribution in [0, 0.1) is 5.82 Å². The molecule has 0 atom stereocenters. The molecule has 0 aliphatic carbocycles. The molecule has 1 amide bonds. The number of hydrogen-bond donors (Lipinski definition) is 3. The molecular formula is C23H23FN2O5. The first-order valence-corrected chi connectivity index (χ1v) is 9.53. The molecule has 3 rings (SSSR count). The quantitative estimate of drug-likeness (QED) is 0.522. The van der Waals surface area contributed by atoms with E-state index in [9.17, 15) is 9.18 Å². The number of likely N-dealkylation sites (N-methyl/N-ethyl adjacent to an activating group) is 1. The number of amides is 1. The predicted molar refractivity (Wildman–Crippen MR) is 115 cm³/mol. The Hall–Kier alpha value is -3.78. The van der Waals surface area contributed by atoms with Gasteiger partial charge in [-0.15, -0.1) is 0 Å². The van der Waals surface area contributed by atoms with Crippen LogP contribution in [0.25, 0.3) is 10.8 Å². The maximum atomic E-state index is 13.6. The van der Waals surface area contributed by atoms with E-state index in [1.807, 2.05) is 49.4 Å². The molecule has 3 aromatic rings. The summed E-state index contributed by atoms with van der Waals surface area (Å²) < 4.78 is 13.6. The Balaban J connectivity index is 0.000000501. The Morgan fingerprint density at radius 2 is 1.52 bits per heavy atom. The molecular weight excluding hydrogens is 403 g/mol. The number of carbonyl (C=O) groups is 3. The number of rotatable bonds is 6. The fourth-order valence-electron chi connectivity index (χ4n) is 2.97. The van der Waals surface area contributed by atoms with Gasteiger partial charge in [0.05, 0.1) is 12.2 Å². The van der Waals surface area contributed by atoms with Gasteiger partial charge in [-0.05, 0) is 24.4 Å². The van der Waals surface area contributed by atoms with E-state index in [2.05, 4.69) is 5.32 Å². The fraction of sp³-hybridized carbons (Fsp3) is 0.174. The van der Waals surface area contributed by atoms with Crippen LogP contribution in [0.2, 0.25) is 0 Å². The molecule has 3 aromatic carbocycles. The normalized spacial score (nSPS) is 10.1. The highest BCUT2D eigenvalue weighted by Gasteiger charge is 2.16. The van der Waals surface area contributed by atoms with Crippen LogP contribution in [0.5, 0.6) is 0 Å². The van der Waals surface area contributed by atoms with Crippen molar-refractivity contribution in [3.05, 3.63) is 78.1 Å². The van der Waals surface area contributed by atoms with Crippen molar-refractivity contribution < 1.29 is 29.0 Å². The van der Waals surface area contributed by atoms with Crippen LogP contribution in [0.15, 0.2) is 66.7 Å². The van der Waals surface area contributed by atoms with Crippen molar-refractivity contribution in [1.29, 1.82) is 0 Å². The molecule has 0 heterocycles. The second-order valence-corrected chi connectivity index (χ2v) is 6.44. The van der Waals surface area contributed by atoms with Crippen LogP contribution in [-0.4, -0.2) is 41.1 Å². The molecule has 0 aliphatic rings. The molecule has 0 aliphatic heterocycles. The Morgan fingerprint density at radius 1 is 0.903 bits per heavy atom. The van der Waals surface area contributed by atoms with Crippen LogP contribution in [0.3, 0.4) is 0 Å². The minimum atomic E-state index is -1.82. The third kappa shape index (κ3) is 6.61. The molecule has 3 N–H and O–H groups in total. The highest BCUT2D eigenvalue weighted by Crippen LogP contribution is 2.26. The van der Waals surface area contributed by atoms with E-state index in [1.165, 1.54) is 6.07 Å². The largest absolute Gasteiger partial charge is 0.473 e. The van der Waals surface area contributed by atoms with Gasteiger partial charge in [-0.25, -0.2) is 14.0 Å². The molecule has 0 radical (unpaired) electrons. The van der Waals surface area contributed by atoms with Crippen molar-refractivity contribution in [3.63, 3.8) is 0 Å². The Labute approximate surface area is 178 Å². The van der Waals surface area contributed by atoms with Crippen molar-refractivity contribution >= 4 is 34.3 Å². The van der Waals surface area contributed by atoms with E-state index in [-0.39, 0.29) is 18.3 Å². The summed E-state index contributed by atoms with van der Waals surface area (Å²) in [7, 11) is 0. The average molecular weight is 426 g/mol. The van der Waals surface area contributed by atoms with Gasteiger partial charge in [0.15, 0.2) is 0 Å². The van der Waals surface area contributed by atoms with Crippen LogP contribution in [-0.2, 0) is 20.9 Å². The second kappa shape index (κ2) is 11.4. The SMILES string of the molecule is CCN(C(=O)CNCc1ccccc1F)c1cccc2ccccc12.O=C(O)C(=O)O. The molecule has 0 unspecified atom stereocenters. The van der Waals surface area contributed by atoms with Gasteiger partial charge in [-0.1, -0.05) is 54.6 Å². The third-order valence-corrected chi connectivity index (χ3v) is 4.41. The maximum Gasteiger partial charge on any atom is 0.414 e. The molecule has 162 valence electrons. The first-order valence-electron chi connectivity index (χ1n) is 9.53. The van der Waals surface area contributed by atoms with Gasteiger partial charge in [0, 0.05) is 24.0 Å². The van der Waals surface area contributed by atoms with Crippen molar-refractivity contribution in [3.8, 4) is 0 Å². The van der Waals surface area contributed by atoms with Crippen molar-refractivity contribution in [2.24, 2.45) is 0 Å². The van der Waals surface area contributed by atoms with E-state index in [0.29, 0.717) is 18.7 Å². The highest BCUT2D eigenvalue weighted by atomic mass is 19.1. The second-order valence-electron chi connectivity index (χ2n) is 6.44. The number of halogens is 1. The van der Waals surface area contributed by atoms with Gasteiger partial charge in [-0.2, -0.15) is 0 Å². The van der Waals surface area contributed by atoms with Crippen LogP contribution in [0.1, 0.15) is 12.5 Å².